The van der Waals surface area contributed by atoms with Gasteiger partial charge in [0, 0.05) is 33.1 Å². The lowest BCUT2D eigenvalue weighted by Gasteiger charge is -2.06. The highest BCUT2D eigenvalue weighted by Crippen LogP contribution is 2.35. The van der Waals surface area contributed by atoms with Crippen LogP contribution >= 0.6 is 22.7 Å². The molecule has 1 aromatic carbocycles. The van der Waals surface area contributed by atoms with Gasteiger partial charge in [-0.15, -0.1) is 22.7 Å². The van der Waals surface area contributed by atoms with Crippen molar-refractivity contribution in [3.8, 4) is 0 Å². The molecule has 3 aromatic rings. The summed E-state index contributed by atoms with van der Waals surface area (Å²) < 4.78 is 28.5. The smallest absolute Gasteiger partial charge is 0.265 e. The minimum absolute atomic E-state index is 0.188. The van der Waals surface area contributed by atoms with E-state index < -0.39 is 10.0 Å². The molecule has 5 nitrogen and oxygen atoms in total. The fourth-order valence-electron chi connectivity index (χ4n) is 1.94. The summed E-state index contributed by atoms with van der Waals surface area (Å²) in [5.74, 6) is 0. The SMILES string of the molecule is NCc1sc2ccccc2c1S(=O)(=O)Nc1nccs1. The second-order valence-electron chi connectivity index (χ2n) is 4.00. The van der Waals surface area contributed by atoms with E-state index in [1.807, 2.05) is 18.2 Å². The molecule has 0 saturated carbocycles. The fourth-order valence-corrected chi connectivity index (χ4v) is 5.57. The molecular formula is C12H11N3O2S3. The average molecular weight is 325 g/mol. The van der Waals surface area contributed by atoms with Crippen LogP contribution in [0.5, 0.6) is 0 Å². The molecule has 0 spiro atoms. The topological polar surface area (TPSA) is 85.1 Å². The van der Waals surface area contributed by atoms with Crippen molar-refractivity contribution in [2.45, 2.75) is 11.4 Å². The van der Waals surface area contributed by atoms with Crippen LogP contribution in [-0.2, 0) is 16.6 Å². The number of nitrogens with zero attached hydrogens (tertiary/aromatic N) is 1. The van der Waals surface area contributed by atoms with E-state index in [1.165, 1.54) is 22.7 Å². The zero-order valence-corrected chi connectivity index (χ0v) is 12.7. The normalized spacial score (nSPS) is 11.8. The molecule has 3 N–H and O–H groups in total. The Kier molecular flexibility index (Phi) is 3.47. The Morgan fingerprint density at radius 2 is 2.10 bits per heavy atom. The van der Waals surface area contributed by atoms with E-state index in [1.54, 1.807) is 17.6 Å². The molecule has 0 aliphatic heterocycles. The highest BCUT2D eigenvalue weighted by atomic mass is 32.2. The van der Waals surface area contributed by atoms with E-state index in [4.69, 9.17) is 5.73 Å². The van der Waals surface area contributed by atoms with Crippen LogP contribution in [0.4, 0.5) is 5.13 Å². The van der Waals surface area contributed by atoms with Gasteiger partial charge in [-0.05, 0) is 6.07 Å². The summed E-state index contributed by atoms with van der Waals surface area (Å²) >= 11 is 2.64. The van der Waals surface area contributed by atoms with Gasteiger partial charge >= 0.3 is 0 Å². The first-order valence-electron chi connectivity index (χ1n) is 5.74. The molecular weight excluding hydrogens is 314 g/mol. The highest BCUT2D eigenvalue weighted by Gasteiger charge is 2.24. The maximum absolute atomic E-state index is 12.6. The summed E-state index contributed by atoms with van der Waals surface area (Å²) in [5.41, 5.74) is 5.69. The van der Waals surface area contributed by atoms with E-state index in [-0.39, 0.29) is 11.4 Å². The highest BCUT2D eigenvalue weighted by molar-refractivity contribution is 7.93. The van der Waals surface area contributed by atoms with Crippen molar-refractivity contribution in [1.82, 2.24) is 4.98 Å². The average Bonchev–Trinajstić information content (AvgIpc) is 3.04. The third kappa shape index (κ3) is 2.31. The third-order valence-corrected chi connectivity index (χ3v) is 6.33. The molecule has 0 aliphatic carbocycles. The standard InChI is InChI=1S/C12H11N3O2S3/c13-7-10-11(8-3-1-2-4-9(8)19-10)20(16,17)15-12-14-5-6-18-12/h1-6H,7,13H2,(H,14,15). The lowest BCUT2D eigenvalue weighted by molar-refractivity contribution is 0.601. The summed E-state index contributed by atoms with van der Waals surface area (Å²) in [5, 5.41) is 2.76. The maximum Gasteiger partial charge on any atom is 0.265 e. The summed E-state index contributed by atoms with van der Waals surface area (Å²) in [7, 11) is -3.68. The van der Waals surface area contributed by atoms with Gasteiger partial charge in [0.05, 0.1) is 0 Å². The Hall–Kier alpha value is -1.48. The molecule has 8 heteroatoms. The number of sulfonamides is 1. The molecule has 2 heterocycles. The molecule has 0 aliphatic rings. The van der Waals surface area contributed by atoms with Gasteiger partial charge in [-0.1, -0.05) is 18.2 Å². The van der Waals surface area contributed by atoms with Crippen molar-refractivity contribution in [2.75, 3.05) is 4.72 Å². The Morgan fingerprint density at radius 3 is 2.80 bits per heavy atom. The summed E-state index contributed by atoms with van der Waals surface area (Å²) in [6.45, 7) is 0.188. The number of aromatic nitrogens is 1. The van der Waals surface area contributed by atoms with Crippen LogP contribution in [0.1, 0.15) is 4.88 Å². The third-order valence-electron chi connectivity index (χ3n) is 2.73. The van der Waals surface area contributed by atoms with Gasteiger partial charge in [-0.3, -0.25) is 4.72 Å². The first kappa shape index (κ1) is 13.5. The molecule has 0 atom stereocenters. The van der Waals surface area contributed by atoms with Crippen LogP contribution < -0.4 is 10.5 Å². The van der Waals surface area contributed by atoms with E-state index in [9.17, 15) is 8.42 Å². The Morgan fingerprint density at radius 1 is 1.30 bits per heavy atom. The Balaban J connectivity index is 2.17. The molecule has 104 valence electrons. The molecule has 0 bridgehead atoms. The van der Waals surface area contributed by atoms with Crippen LogP contribution in [0.2, 0.25) is 0 Å². The quantitative estimate of drug-likeness (QED) is 0.772. The molecule has 0 radical (unpaired) electrons. The predicted octanol–water partition coefficient (Wildman–Crippen LogP) is 2.62. The van der Waals surface area contributed by atoms with E-state index in [2.05, 4.69) is 9.71 Å². The second kappa shape index (κ2) is 5.13. The number of thiophene rings is 1. The Labute approximate surface area is 124 Å². The zero-order chi connectivity index (χ0) is 14.2. The summed E-state index contributed by atoms with van der Waals surface area (Å²) in [4.78, 5) is 4.86. The van der Waals surface area contributed by atoms with Crippen LogP contribution in [-0.4, -0.2) is 13.4 Å². The zero-order valence-electron chi connectivity index (χ0n) is 10.2. The van der Waals surface area contributed by atoms with Crippen molar-refractivity contribution in [1.29, 1.82) is 0 Å². The number of nitrogens with one attached hydrogen (secondary N) is 1. The van der Waals surface area contributed by atoms with Crippen molar-refractivity contribution >= 4 is 47.9 Å². The number of rotatable bonds is 4. The van der Waals surface area contributed by atoms with Gasteiger partial charge < -0.3 is 5.73 Å². The lowest BCUT2D eigenvalue weighted by atomic mass is 10.2. The van der Waals surface area contributed by atoms with Crippen LogP contribution in [0.25, 0.3) is 10.1 Å². The lowest BCUT2D eigenvalue weighted by Crippen LogP contribution is -2.14. The number of anilines is 1. The molecule has 2 aromatic heterocycles. The molecule has 3 rings (SSSR count). The number of nitrogens with two attached hydrogens (primary N) is 1. The van der Waals surface area contributed by atoms with Crippen LogP contribution in [0.15, 0.2) is 40.7 Å². The van der Waals surface area contributed by atoms with Crippen molar-refractivity contribution in [3.63, 3.8) is 0 Å². The minimum Gasteiger partial charge on any atom is -0.326 e. The molecule has 0 amide bonds. The maximum atomic E-state index is 12.6. The predicted molar refractivity (Wildman–Crippen MR) is 82.6 cm³/mol. The van der Waals surface area contributed by atoms with Gasteiger partial charge in [0.15, 0.2) is 5.13 Å². The first-order chi connectivity index (χ1) is 9.62. The van der Waals surface area contributed by atoms with Crippen LogP contribution in [0.3, 0.4) is 0 Å². The molecule has 20 heavy (non-hydrogen) atoms. The summed E-state index contributed by atoms with van der Waals surface area (Å²) in [6, 6.07) is 7.38. The number of hydrogen-bond donors (Lipinski definition) is 2. The fraction of sp³-hybridized carbons (Fsp3) is 0.0833. The first-order valence-corrected chi connectivity index (χ1v) is 8.92. The van der Waals surface area contributed by atoms with Gasteiger partial charge in [0.2, 0.25) is 0 Å². The number of hydrogen-bond acceptors (Lipinski definition) is 6. The van der Waals surface area contributed by atoms with Crippen molar-refractivity contribution in [2.24, 2.45) is 5.73 Å². The molecule has 0 saturated heterocycles. The monoisotopic (exact) mass is 325 g/mol. The van der Waals surface area contributed by atoms with Gasteiger partial charge in [0.25, 0.3) is 10.0 Å². The number of thiazole rings is 1. The minimum atomic E-state index is -3.68. The number of fused-ring (bicyclic) bond motifs is 1. The molecule has 0 fully saturated rings. The van der Waals surface area contributed by atoms with E-state index in [0.29, 0.717) is 15.4 Å². The van der Waals surface area contributed by atoms with Crippen LogP contribution in [0, 0.1) is 0 Å². The van der Waals surface area contributed by atoms with Gasteiger partial charge in [0.1, 0.15) is 4.90 Å². The van der Waals surface area contributed by atoms with E-state index >= 15 is 0 Å². The van der Waals surface area contributed by atoms with Crippen molar-refractivity contribution in [3.05, 3.63) is 40.7 Å². The largest absolute Gasteiger partial charge is 0.326 e. The van der Waals surface area contributed by atoms with E-state index in [0.717, 1.165) is 4.70 Å². The summed E-state index contributed by atoms with van der Waals surface area (Å²) in [6.07, 6.45) is 1.55. The number of benzene rings is 1. The molecule has 0 unspecified atom stereocenters. The second-order valence-corrected chi connectivity index (χ2v) is 7.65. The van der Waals surface area contributed by atoms with Crippen molar-refractivity contribution < 1.29 is 8.42 Å². The Bertz CT molecular complexity index is 838. The van der Waals surface area contributed by atoms with Gasteiger partial charge in [-0.2, -0.15) is 0 Å². The van der Waals surface area contributed by atoms with Gasteiger partial charge in [-0.25, -0.2) is 13.4 Å².